The van der Waals surface area contributed by atoms with Gasteiger partial charge in [0.05, 0.1) is 12.1 Å². The molecule has 0 spiro atoms. The summed E-state index contributed by atoms with van der Waals surface area (Å²) in [6.45, 7) is 3.38. The maximum Gasteiger partial charge on any atom is 0.244 e. The Morgan fingerprint density at radius 1 is 1.40 bits per heavy atom. The second kappa shape index (κ2) is 6.79. The van der Waals surface area contributed by atoms with Crippen LogP contribution in [-0.2, 0) is 10.0 Å². The van der Waals surface area contributed by atoms with Crippen LogP contribution >= 0.6 is 0 Å². The van der Waals surface area contributed by atoms with Crippen LogP contribution < -0.4 is 10.5 Å². The van der Waals surface area contributed by atoms with Gasteiger partial charge in [-0.25, -0.2) is 21.9 Å². The van der Waals surface area contributed by atoms with Gasteiger partial charge < -0.3 is 5.73 Å². The number of halogens is 2. The van der Waals surface area contributed by atoms with Crippen molar-refractivity contribution in [1.29, 1.82) is 0 Å². The lowest BCUT2D eigenvalue weighted by atomic mass is 10.2. The zero-order valence-electron chi connectivity index (χ0n) is 11.2. The second-order valence-corrected chi connectivity index (χ2v) is 5.85. The molecule has 0 aliphatic heterocycles. The molecule has 1 aromatic rings. The quantitative estimate of drug-likeness (QED) is 0.825. The predicted octanol–water partition coefficient (Wildman–Crippen LogP) is 1.35. The largest absolute Gasteiger partial charge is 0.320 e. The summed E-state index contributed by atoms with van der Waals surface area (Å²) in [6, 6.07) is 1.01. The van der Waals surface area contributed by atoms with Crippen molar-refractivity contribution < 1.29 is 17.2 Å². The summed E-state index contributed by atoms with van der Waals surface area (Å²) in [6.07, 6.45) is 0.534. The van der Waals surface area contributed by atoms with Crippen molar-refractivity contribution in [3.8, 4) is 11.8 Å². The number of hydrogen-bond acceptors (Lipinski definition) is 3. The molecule has 7 heteroatoms. The van der Waals surface area contributed by atoms with Crippen molar-refractivity contribution in [3.63, 3.8) is 0 Å². The number of nitrogens with two attached hydrogens (primary N) is 1. The van der Waals surface area contributed by atoms with E-state index in [2.05, 4.69) is 16.6 Å². The van der Waals surface area contributed by atoms with Crippen LogP contribution in [0.15, 0.2) is 17.0 Å². The minimum absolute atomic E-state index is 0.0452. The molecule has 1 aromatic carbocycles. The van der Waals surface area contributed by atoms with E-state index in [-0.39, 0.29) is 18.2 Å². The fourth-order valence-corrected chi connectivity index (χ4v) is 3.01. The van der Waals surface area contributed by atoms with E-state index in [1.165, 1.54) is 0 Å². The highest BCUT2D eigenvalue weighted by atomic mass is 32.2. The number of hydrogen-bond donors (Lipinski definition) is 2. The first-order valence-electron chi connectivity index (χ1n) is 6.02. The molecule has 0 aliphatic rings. The molecule has 3 N–H and O–H groups in total. The Bertz CT molecular complexity index is 648. The van der Waals surface area contributed by atoms with E-state index in [1.807, 2.05) is 0 Å². The standard InChI is InChI=1S/C13H16F2N2O2S/c1-3-9(2)17-20(18,19)13-10(5-4-6-16)7-11(14)8-12(13)15/h7-9,17H,3,6,16H2,1-2H3. The van der Waals surface area contributed by atoms with Crippen LogP contribution in [0.2, 0.25) is 0 Å². The van der Waals surface area contributed by atoms with Gasteiger partial charge in [-0.3, -0.25) is 0 Å². The molecule has 0 aromatic heterocycles. The summed E-state index contributed by atoms with van der Waals surface area (Å²) >= 11 is 0. The van der Waals surface area contributed by atoms with Gasteiger partial charge in [-0.15, -0.1) is 0 Å². The fraction of sp³-hybridized carbons (Fsp3) is 0.385. The smallest absolute Gasteiger partial charge is 0.244 e. The SMILES string of the molecule is CCC(C)NS(=O)(=O)c1c(F)cc(F)cc1C#CCN. The van der Waals surface area contributed by atoms with E-state index in [1.54, 1.807) is 13.8 Å². The molecule has 20 heavy (non-hydrogen) atoms. The van der Waals surface area contributed by atoms with Gasteiger partial charge in [-0.05, 0) is 19.4 Å². The highest BCUT2D eigenvalue weighted by Crippen LogP contribution is 2.21. The molecule has 0 heterocycles. The number of rotatable bonds is 4. The zero-order valence-corrected chi connectivity index (χ0v) is 12.0. The van der Waals surface area contributed by atoms with E-state index in [0.29, 0.717) is 12.5 Å². The normalized spacial score (nSPS) is 12.7. The Morgan fingerprint density at radius 2 is 2.05 bits per heavy atom. The van der Waals surface area contributed by atoms with Gasteiger partial charge in [-0.1, -0.05) is 18.8 Å². The van der Waals surface area contributed by atoms with Crippen LogP contribution in [0.3, 0.4) is 0 Å². The van der Waals surface area contributed by atoms with Gasteiger partial charge in [0, 0.05) is 12.1 Å². The van der Waals surface area contributed by atoms with Crippen LogP contribution in [-0.4, -0.2) is 21.0 Å². The molecule has 0 saturated carbocycles. The number of sulfonamides is 1. The lowest BCUT2D eigenvalue weighted by molar-refractivity contribution is 0.530. The van der Waals surface area contributed by atoms with Gasteiger partial charge in [0.15, 0.2) is 0 Å². The number of benzene rings is 1. The van der Waals surface area contributed by atoms with E-state index in [9.17, 15) is 17.2 Å². The summed E-state index contributed by atoms with van der Waals surface area (Å²) in [5, 5.41) is 0. The van der Waals surface area contributed by atoms with Crippen molar-refractivity contribution in [1.82, 2.24) is 4.72 Å². The van der Waals surface area contributed by atoms with Crippen LogP contribution in [0.5, 0.6) is 0 Å². The Kier molecular flexibility index (Phi) is 5.62. The minimum Gasteiger partial charge on any atom is -0.320 e. The van der Waals surface area contributed by atoms with Crippen LogP contribution in [0.25, 0.3) is 0 Å². The maximum absolute atomic E-state index is 13.8. The molecule has 0 saturated heterocycles. The zero-order chi connectivity index (χ0) is 15.3. The van der Waals surface area contributed by atoms with Crippen LogP contribution in [0, 0.1) is 23.5 Å². The Morgan fingerprint density at radius 3 is 2.60 bits per heavy atom. The Hall–Kier alpha value is -1.49. The maximum atomic E-state index is 13.8. The Labute approximate surface area is 117 Å². The topological polar surface area (TPSA) is 72.2 Å². The molecule has 4 nitrogen and oxygen atoms in total. The summed E-state index contributed by atoms with van der Waals surface area (Å²) < 4.78 is 53.6. The molecule has 0 bridgehead atoms. The van der Waals surface area contributed by atoms with Gasteiger partial charge in [0.2, 0.25) is 10.0 Å². The van der Waals surface area contributed by atoms with E-state index in [0.717, 1.165) is 6.07 Å². The van der Waals surface area contributed by atoms with Gasteiger partial charge in [0.25, 0.3) is 0 Å². The second-order valence-electron chi connectivity index (χ2n) is 4.20. The van der Waals surface area contributed by atoms with Crippen LogP contribution in [0.4, 0.5) is 8.78 Å². The van der Waals surface area contributed by atoms with Crippen molar-refractivity contribution in [2.24, 2.45) is 5.73 Å². The summed E-state index contributed by atoms with van der Waals surface area (Å²) in [7, 11) is -4.12. The van der Waals surface area contributed by atoms with Crippen molar-refractivity contribution in [3.05, 3.63) is 29.3 Å². The average molecular weight is 302 g/mol. The average Bonchev–Trinajstić information content (AvgIpc) is 2.34. The molecular weight excluding hydrogens is 286 g/mol. The first-order valence-corrected chi connectivity index (χ1v) is 7.50. The van der Waals surface area contributed by atoms with Gasteiger partial charge in [0.1, 0.15) is 16.5 Å². The summed E-state index contributed by atoms with van der Waals surface area (Å²) in [5.41, 5.74) is 4.94. The van der Waals surface area contributed by atoms with Crippen molar-refractivity contribution >= 4 is 10.0 Å². The third-order valence-corrected chi connectivity index (χ3v) is 4.24. The molecule has 0 aliphatic carbocycles. The van der Waals surface area contributed by atoms with Crippen molar-refractivity contribution in [2.45, 2.75) is 31.2 Å². The molecule has 0 amide bonds. The third kappa shape index (κ3) is 4.00. The monoisotopic (exact) mass is 302 g/mol. The summed E-state index contributed by atoms with van der Waals surface area (Å²) in [4.78, 5) is -0.653. The molecule has 1 atom stereocenters. The molecule has 110 valence electrons. The van der Waals surface area contributed by atoms with E-state index >= 15 is 0 Å². The van der Waals surface area contributed by atoms with Gasteiger partial charge >= 0.3 is 0 Å². The van der Waals surface area contributed by atoms with E-state index < -0.39 is 26.6 Å². The highest BCUT2D eigenvalue weighted by molar-refractivity contribution is 7.89. The highest BCUT2D eigenvalue weighted by Gasteiger charge is 2.25. The van der Waals surface area contributed by atoms with Crippen LogP contribution in [0.1, 0.15) is 25.8 Å². The predicted molar refractivity (Wildman–Crippen MR) is 72.4 cm³/mol. The van der Waals surface area contributed by atoms with E-state index in [4.69, 9.17) is 5.73 Å². The number of nitrogens with one attached hydrogen (secondary N) is 1. The lowest BCUT2D eigenvalue weighted by Gasteiger charge is -2.14. The first-order chi connectivity index (χ1) is 9.31. The summed E-state index contributed by atoms with van der Waals surface area (Å²) in [5.74, 6) is 2.69. The lowest BCUT2D eigenvalue weighted by Crippen LogP contribution is -2.33. The molecule has 0 fully saturated rings. The third-order valence-electron chi connectivity index (χ3n) is 2.57. The minimum atomic E-state index is -4.12. The van der Waals surface area contributed by atoms with Crippen molar-refractivity contribution in [2.75, 3.05) is 6.54 Å². The molecule has 1 unspecified atom stereocenters. The first kappa shape index (κ1) is 16.6. The Balaban J connectivity index is 3.42. The molecule has 0 radical (unpaired) electrons. The fourth-order valence-electron chi connectivity index (χ4n) is 1.48. The van der Waals surface area contributed by atoms with Gasteiger partial charge in [-0.2, -0.15) is 0 Å². The molecule has 1 rings (SSSR count). The molecular formula is C13H16F2N2O2S.